The minimum atomic E-state index is -0.436. The molecule has 126 valence electrons. The summed E-state index contributed by atoms with van der Waals surface area (Å²) in [6.45, 7) is 0.671. The highest BCUT2D eigenvalue weighted by Gasteiger charge is 2.27. The van der Waals surface area contributed by atoms with Crippen molar-refractivity contribution < 1.29 is 9.59 Å². The number of anilines is 1. The number of hydrogen-bond acceptors (Lipinski definition) is 3. The lowest BCUT2D eigenvalue weighted by atomic mass is 10.1. The zero-order valence-electron chi connectivity index (χ0n) is 13.6. The van der Waals surface area contributed by atoms with Crippen molar-refractivity contribution >= 4 is 28.5 Å². The van der Waals surface area contributed by atoms with Gasteiger partial charge in [0.15, 0.2) is 0 Å². The van der Waals surface area contributed by atoms with Crippen molar-refractivity contribution in [2.45, 2.75) is 25.4 Å². The number of carbonyl (C=O) groups excluding carboxylic acids is 2. The largest absolute Gasteiger partial charge is 0.344 e. The normalized spacial score (nSPS) is 16.8. The Labute approximate surface area is 144 Å². The Hall–Kier alpha value is -3.15. The standard InChI is InChI=1S/C19H18N4O2/c24-18-9-8-16(22-18)19(25)21-14-5-3-4-13(10-14)11-23-12-20-15-6-1-2-7-17(15)23/h1-7,10,12,16H,8-9,11H2,(H,21,25)(H,22,24)/t16-/m0/s1. The molecule has 1 saturated heterocycles. The average Bonchev–Trinajstić information content (AvgIpc) is 3.22. The molecule has 0 unspecified atom stereocenters. The number of aromatic nitrogens is 2. The second-order valence-corrected chi connectivity index (χ2v) is 6.21. The summed E-state index contributed by atoms with van der Waals surface area (Å²) in [5, 5.41) is 5.56. The first-order chi connectivity index (χ1) is 12.2. The first kappa shape index (κ1) is 15.4. The van der Waals surface area contributed by atoms with Crippen molar-refractivity contribution in [2.75, 3.05) is 5.32 Å². The molecule has 2 heterocycles. The van der Waals surface area contributed by atoms with E-state index < -0.39 is 6.04 Å². The van der Waals surface area contributed by atoms with Gasteiger partial charge in [0.2, 0.25) is 11.8 Å². The molecule has 1 aliphatic rings. The molecule has 6 heteroatoms. The summed E-state index contributed by atoms with van der Waals surface area (Å²) in [4.78, 5) is 27.9. The number of para-hydroxylation sites is 2. The zero-order chi connectivity index (χ0) is 17.2. The maximum atomic E-state index is 12.2. The Balaban J connectivity index is 1.49. The predicted molar refractivity (Wildman–Crippen MR) is 95.1 cm³/mol. The lowest BCUT2D eigenvalue weighted by molar-refractivity contribution is -0.122. The van der Waals surface area contributed by atoms with Gasteiger partial charge in [0, 0.05) is 18.7 Å². The Morgan fingerprint density at radius 2 is 2.12 bits per heavy atom. The topological polar surface area (TPSA) is 76.0 Å². The van der Waals surface area contributed by atoms with Crippen molar-refractivity contribution in [1.82, 2.24) is 14.9 Å². The van der Waals surface area contributed by atoms with Crippen LogP contribution in [0.3, 0.4) is 0 Å². The van der Waals surface area contributed by atoms with Gasteiger partial charge < -0.3 is 15.2 Å². The zero-order valence-corrected chi connectivity index (χ0v) is 13.6. The number of nitrogens with zero attached hydrogens (tertiary/aromatic N) is 2. The molecule has 1 atom stereocenters. The summed E-state index contributed by atoms with van der Waals surface area (Å²) < 4.78 is 2.08. The molecule has 0 saturated carbocycles. The quantitative estimate of drug-likeness (QED) is 0.769. The van der Waals surface area contributed by atoms with Gasteiger partial charge in [0.05, 0.1) is 17.4 Å². The fourth-order valence-electron chi connectivity index (χ4n) is 3.12. The fourth-order valence-corrected chi connectivity index (χ4v) is 3.12. The molecule has 0 radical (unpaired) electrons. The SMILES string of the molecule is O=C1CC[C@@H](C(=O)Nc2cccc(Cn3cnc4ccccc43)c2)N1. The van der Waals surface area contributed by atoms with Gasteiger partial charge in [-0.2, -0.15) is 0 Å². The van der Waals surface area contributed by atoms with Crippen LogP contribution in [-0.4, -0.2) is 27.4 Å². The summed E-state index contributed by atoms with van der Waals surface area (Å²) in [5.41, 5.74) is 3.83. The van der Waals surface area contributed by atoms with E-state index in [2.05, 4.69) is 20.2 Å². The van der Waals surface area contributed by atoms with Crippen LogP contribution < -0.4 is 10.6 Å². The molecular formula is C19H18N4O2. The van der Waals surface area contributed by atoms with E-state index in [4.69, 9.17) is 0 Å². The summed E-state index contributed by atoms with van der Waals surface area (Å²) in [7, 11) is 0. The molecule has 0 bridgehead atoms. The third-order valence-electron chi connectivity index (χ3n) is 4.39. The van der Waals surface area contributed by atoms with Crippen LogP contribution in [0.1, 0.15) is 18.4 Å². The van der Waals surface area contributed by atoms with E-state index in [0.29, 0.717) is 19.4 Å². The predicted octanol–water partition coefficient (Wildman–Crippen LogP) is 2.30. The van der Waals surface area contributed by atoms with Gasteiger partial charge in [-0.15, -0.1) is 0 Å². The maximum absolute atomic E-state index is 12.2. The monoisotopic (exact) mass is 334 g/mol. The van der Waals surface area contributed by atoms with Gasteiger partial charge in [-0.05, 0) is 36.2 Å². The third kappa shape index (κ3) is 3.24. The third-order valence-corrected chi connectivity index (χ3v) is 4.39. The summed E-state index contributed by atoms with van der Waals surface area (Å²) in [6, 6.07) is 15.3. The van der Waals surface area contributed by atoms with Crippen LogP contribution in [0.4, 0.5) is 5.69 Å². The molecule has 1 fully saturated rings. The minimum absolute atomic E-state index is 0.0686. The molecule has 25 heavy (non-hydrogen) atoms. The number of rotatable bonds is 4. The van der Waals surface area contributed by atoms with Crippen LogP contribution in [0.15, 0.2) is 54.9 Å². The number of nitrogens with one attached hydrogen (secondary N) is 2. The summed E-state index contributed by atoms with van der Waals surface area (Å²) in [5.74, 6) is -0.239. The lowest BCUT2D eigenvalue weighted by Gasteiger charge is -2.12. The Bertz CT molecular complexity index is 947. The molecule has 0 spiro atoms. The molecule has 6 nitrogen and oxygen atoms in total. The number of imidazole rings is 1. The lowest BCUT2D eigenvalue weighted by Crippen LogP contribution is -2.37. The van der Waals surface area contributed by atoms with E-state index in [0.717, 1.165) is 22.3 Å². The molecule has 0 aliphatic carbocycles. The van der Waals surface area contributed by atoms with Gasteiger partial charge >= 0.3 is 0 Å². The number of carbonyl (C=O) groups is 2. The van der Waals surface area contributed by atoms with Crippen LogP contribution in [0.5, 0.6) is 0 Å². The summed E-state index contributed by atoms with van der Waals surface area (Å²) in [6.07, 6.45) is 2.78. The maximum Gasteiger partial charge on any atom is 0.246 e. The minimum Gasteiger partial charge on any atom is -0.344 e. The molecule has 2 amide bonds. The Morgan fingerprint density at radius 1 is 1.24 bits per heavy atom. The van der Waals surface area contributed by atoms with Gasteiger partial charge in [0.25, 0.3) is 0 Å². The number of hydrogen-bond donors (Lipinski definition) is 2. The highest BCUT2D eigenvalue weighted by molar-refractivity contribution is 5.99. The van der Waals surface area contributed by atoms with E-state index in [9.17, 15) is 9.59 Å². The second-order valence-electron chi connectivity index (χ2n) is 6.21. The fraction of sp³-hybridized carbons (Fsp3) is 0.211. The van der Waals surface area contributed by atoms with E-state index >= 15 is 0 Å². The molecular weight excluding hydrogens is 316 g/mol. The van der Waals surface area contributed by atoms with Crippen LogP contribution in [-0.2, 0) is 16.1 Å². The van der Waals surface area contributed by atoms with Gasteiger partial charge in [-0.1, -0.05) is 24.3 Å². The highest BCUT2D eigenvalue weighted by Crippen LogP contribution is 2.17. The van der Waals surface area contributed by atoms with Gasteiger partial charge in [-0.3, -0.25) is 9.59 Å². The second kappa shape index (κ2) is 6.39. The van der Waals surface area contributed by atoms with Crippen LogP contribution >= 0.6 is 0 Å². The van der Waals surface area contributed by atoms with Crippen molar-refractivity contribution in [3.05, 3.63) is 60.4 Å². The molecule has 2 aromatic carbocycles. The molecule has 1 aromatic heterocycles. The van der Waals surface area contributed by atoms with Crippen molar-refractivity contribution in [1.29, 1.82) is 0 Å². The van der Waals surface area contributed by atoms with E-state index in [1.807, 2.05) is 54.9 Å². The first-order valence-corrected chi connectivity index (χ1v) is 8.28. The van der Waals surface area contributed by atoms with Crippen molar-refractivity contribution in [3.8, 4) is 0 Å². The number of fused-ring (bicyclic) bond motifs is 1. The Kier molecular flexibility index (Phi) is 3.93. The summed E-state index contributed by atoms with van der Waals surface area (Å²) >= 11 is 0. The van der Waals surface area contributed by atoms with Crippen molar-refractivity contribution in [3.63, 3.8) is 0 Å². The Morgan fingerprint density at radius 3 is 2.96 bits per heavy atom. The van der Waals surface area contributed by atoms with Crippen LogP contribution in [0, 0.1) is 0 Å². The molecule has 2 N–H and O–H groups in total. The van der Waals surface area contributed by atoms with E-state index in [-0.39, 0.29) is 11.8 Å². The van der Waals surface area contributed by atoms with Crippen molar-refractivity contribution in [2.24, 2.45) is 0 Å². The number of benzene rings is 2. The number of amides is 2. The van der Waals surface area contributed by atoms with Crippen LogP contribution in [0.2, 0.25) is 0 Å². The van der Waals surface area contributed by atoms with Crippen LogP contribution in [0.25, 0.3) is 11.0 Å². The van der Waals surface area contributed by atoms with Gasteiger partial charge in [0.1, 0.15) is 6.04 Å². The highest BCUT2D eigenvalue weighted by atomic mass is 16.2. The molecule has 1 aliphatic heterocycles. The smallest absolute Gasteiger partial charge is 0.246 e. The first-order valence-electron chi connectivity index (χ1n) is 8.28. The van der Waals surface area contributed by atoms with E-state index in [1.54, 1.807) is 0 Å². The average molecular weight is 334 g/mol. The molecule has 4 rings (SSSR count). The van der Waals surface area contributed by atoms with Gasteiger partial charge in [-0.25, -0.2) is 4.98 Å². The molecule has 3 aromatic rings. The van der Waals surface area contributed by atoms with E-state index in [1.165, 1.54) is 0 Å².